The number of hydrogen-bond donors (Lipinski definition) is 0. The molecule has 8 nitrogen and oxygen atoms in total. The van der Waals surface area contributed by atoms with Crippen molar-refractivity contribution < 1.29 is 38.2 Å². The molecule has 0 aliphatic heterocycles. The lowest BCUT2D eigenvalue weighted by molar-refractivity contribution is -0.889. The first-order valence-corrected chi connectivity index (χ1v) is 18.7. The van der Waals surface area contributed by atoms with Gasteiger partial charge in [-0.2, -0.15) is 0 Å². The van der Waals surface area contributed by atoms with Gasteiger partial charge in [0.1, 0.15) is 12.6 Å². The van der Waals surface area contributed by atoms with Crippen LogP contribution in [-0.4, -0.2) is 75.5 Å². The molecule has 0 N–H and O–H groups in total. The number of allylic oxidation sites excluding steroid dienone is 2. The van der Waals surface area contributed by atoms with Gasteiger partial charge in [-0.1, -0.05) is 116 Å². The largest absolute Gasteiger partial charge is 0.544 e. The number of quaternary nitrogens is 1. The molecule has 0 aromatic heterocycles. The summed E-state index contributed by atoms with van der Waals surface area (Å²) in [5, 5.41) is 11.5. The number of hydrogen-bond acceptors (Lipinski definition) is 7. The van der Waals surface area contributed by atoms with Crippen molar-refractivity contribution in [3.8, 4) is 0 Å². The van der Waals surface area contributed by atoms with E-state index in [9.17, 15) is 19.5 Å². The highest BCUT2D eigenvalue weighted by molar-refractivity contribution is 5.70. The van der Waals surface area contributed by atoms with Gasteiger partial charge in [0.25, 0.3) is 0 Å². The standard InChI is InChI=1S/C38H71NO7/c1-6-8-10-12-13-14-15-16-17-18-19-20-21-22-23-25-27-29-37(41)46-34(33-45-36(40)28-26-24-11-9-7-2)32-44-31-30-35(38(42)43)39(3,4)5/h16-17,34-35H,6-15,18-33H2,1-5H3/b17-16-. The molecule has 0 aromatic carbocycles. The Morgan fingerprint density at radius 3 is 1.57 bits per heavy atom. The molecule has 46 heavy (non-hydrogen) atoms. The number of carbonyl (C=O) groups excluding carboxylic acids is 3. The minimum absolute atomic E-state index is 0.0423. The van der Waals surface area contributed by atoms with Crippen LogP contribution < -0.4 is 5.11 Å². The van der Waals surface area contributed by atoms with Crippen molar-refractivity contribution in [3.05, 3.63) is 12.2 Å². The van der Waals surface area contributed by atoms with Crippen molar-refractivity contribution in [1.29, 1.82) is 0 Å². The van der Waals surface area contributed by atoms with Crippen LogP contribution in [0, 0.1) is 0 Å². The lowest BCUT2D eigenvalue weighted by Crippen LogP contribution is -2.55. The van der Waals surface area contributed by atoms with Crippen LogP contribution in [0.2, 0.25) is 0 Å². The molecule has 0 aliphatic carbocycles. The van der Waals surface area contributed by atoms with Crippen LogP contribution in [0.25, 0.3) is 0 Å². The van der Waals surface area contributed by atoms with Crippen molar-refractivity contribution in [1.82, 2.24) is 0 Å². The van der Waals surface area contributed by atoms with E-state index in [0.29, 0.717) is 12.8 Å². The highest BCUT2D eigenvalue weighted by atomic mass is 16.6. The molecule has 2 unspecified atom stereocenters. The summed E-state index contributed by atoms with van der Waals surface area (Å²) in [5.41, 5.74) is 0. The van der Waals surface area contributed by atoms with E-state index in [2.05, 4.69) is 26.0 Å². The SMILES string of the molecule is CCCCCCCC/C=C\CCCCCCCCCC(=O)OC(COCCC(C(=O)[O-])[N+](C)(C)C)COC(=O)CCCCCCC. The van der Waals surface area contributed by atoms with Gasteiger partial charge in [-0.25, -0.2) is 0 Å². The summed E-state index contributed by atoms with van der Waals surface area (Å²) in [7, 11) is 5.39. The molecule has 270 valence electrons. The molecule has 0 spiro atoms. The number of aliphatic carboxylic acids is 1. The highest BCUT2D eigenvalue weighted by Crippen LogP contribution is 2.13. The second-order valence-corrected chi connectivity index (χ2v) is 13.8. The summed E-state index contributed by atoms with van der Waals surface area (Å²) in [6.07, 6.45) is 28.4. The van der Waals surface area contributed by atoms with Gasteiger partial charge in [0.15, 0.2) is 6.10 Å². The summed E-state index contributed by atoms with van der Waals surface area (Å²) >= 11 is 0. The molecule has 0 bridgehead atoms. The molecule has 0 amide bonds. The molecule has 0 saturated heterocycles. The Morgan fingerprint density at radius 2 is 1.09 bits per heavy atom. The van der Waals surface area contributed by atoms with Gasteiger partial charge in [0, 0.05) is 19.3 Å². The van der Waals surface area contributed by atoms with Gasteiger partial charge in [-0.05, 0) is 38.5 Å². The van der Waals surface area contributed by atoms with Crippen LogP contribution in [0.3, 0.4) is 0 Å². The smallest absolute Gasteiger partial charge is 0.306 e. The zero-order chi connectivity index (χ0) is 34.3. The Labute approximate surface area is 282 Å². The molecule has 2 atom stereocenters. The minimum Gasteiger partial charge on any atom is -0.544 e. The summed E-state index contributed by atoms with van der Waals surface area (Å²) in [5.74, 6) is -1.75. The molecule has 0 heterocycles. The third-order valence-electron chi connectivity index (χ3n) is 8.40. The summed E-state index contributed by atoms with van der Waals surface area (Å²) in [4.78, 5) is 36.3. The maximum atomic E-state index is 12.6. The van der Waals surface area contributed by atoms with Crippen molar-refractivity contribution in [2.45, 2.75) is 174 Å². The topological polar surface area (TPSA) is 102 Å². The molecule has 0 saturated carbocycles. The monoisotopic (exact) mass is 654 g/mol. The van der Waals surface area contributed by atoms with Gasteiger partial charge < -0.3 is 28.6 Å². The van der Waals surface area contributed by atoms with E-state index in [0.717, 1.165) is 51.4 Å². The fourth-order valence-corrected chi connectivity index (χ4v) is 5.42. The number of unbranched alkanes of at least 4 members (excludes halogenated alkanes) is 17. The number of ether oxygens (including phenoxy) is 3. The van der Waals surface area contributed by atoms with E-state index in [1.165, 1.54) is 77.0 Å². The van der Waals surface area contributed by atoms with Gasteiger partial charge in [-0.3, -0.25) is 9.59 Å². The van der Waals surface area contributed by atoms with Crippen LogP contribution >= 0.6 is 0 Å². The van der Waals surface area contributed by atoms with Crippen LogP contribution in [0.4, 0.5) is 0 Å². The zero-order valence-electron chi connectivity index (χ0n) is 30.5. The lowest BCUT2D eigenvalue weighted by atomic mass is 10.1. The highest BCUT2D eigenvalue weighted by Gasteiger charge is 2.25. The third-order valence-corrected chi connectivity index (χ3v) is 8.40. The molecule has 8 heteroatoms. The number of carbonyl (C=O) groups is 3. The number of carboxylic acid groups (broad SMARTS) is 1. The molecule has 0 fully saturated rings. The number of nitrogens with zero attached hydrogens (tertiary/aromatic N) is 1. The Bertz CT molecular complexity index is 778. The van der Waals surface area contributed by atoms with E-state index in [4.69, 9.17) is 14.2 Å². The van der Waals surface area contributed by atoms with Gasteiger partial charge >= 0.3 is 11.9 Å². The number of carboxylic acids is 1. The van der Waals surface area contributed by atoms with E-state index in [1.54, 1.807) is 21.1 Å². The van der Waals surface area contributed by atoms with E-state index in [1.807, 2.05) is 0 Å². The Kier molecular flexibility index (Phi) is 29.1. The van der Waals surface area contributed by atoms with Crippen LogP contribution in [0.15, 0.2) is 12.2 Å². The number of esters is 2. The second kappa shape index (κ2) is 30.4. The van der Waals surface area contributed by atoms with Crippen molar-refractivity contribution >= 4 is 17.9 Å². The zero-order valence-corrected chi connectivity index (χ0v) is 30.5. The fraction of sp³-hybridized carbons (Fsp3) is 0.868. The fourth-order valence-electron chi connectivity index (χ4n) is 5.42. The maximum absolute atomic E-state index is 12.6. The average molecular weight is 654 g/mol. The summed E-state index contributed by atoms with van der Waals surface area (Å²) in [6, 6.07) is -0.719. The quantitative estimate of drug-likeness (QED) is 0.0308. The predicted octanol–water partition coefficient (Wildman–Crippen LogP) is 7.85. The van der Waals surface area contributed by atoms with Crippen molar-refractivity contribution in [2.75, 3.05) is 41.0 Å². The maximum Gasteiger partial charge on any atom is 0.306 e. The van der Waals surface area contributed by atoms with Gasteiger partial charge in [-0.15, -0.1) is 0 Å². The van der Waals surface area contributed by atoms with Crippen LogP contribution in [0.5, 0.6) is 0 Å². The Morgan fingerprint density at radius 1 is 0.630 bits per heavy atom. The molecular formula is C38H71NO7. The summed E-state index contributed by atoms with van der Waals surface area (Å²) in [6.45, 7) is 4.56. The Hall–Kier alpha value is -1.93. The minimum atomic E-state index is -1.13. The number of rotatable bonds is 33. The molecule has 0 aliphatic rings. The van der Waals surface area contributed by atoms with E-state index in [-0.39, 0.29) is 42.7 Å². The first-order chi connectivity index (χ1) is 22.1. The first-order valence-electron chi connectivity index (χ1n) is 18.7. The molecular weight excluding hydrogens is 582 g/mol. The lowest BCUT2D eigenvalue weighted by Gasteiger charge is -2.34. The summed E-state index contributed by atoms with van der Waals surface area (Å²) < 4.78 is 17.0. The second-order valence-electron chi connectivity index (χ2n) is 13.8. The molecule has 0 rings (SSSR count). The van der Waals surface area contributed by atoms with E-state index >= 15 is 0 Å². The van der Waals surface area contributed by atoms with Crippen molar-refractivity contribution in [2.24, 2.45) is 0 Å². The number of likely N-dealkylation sites (N-methyl/N-ethyl adjacent to an activating group) is 1. The molecule has 0 radical (unpaired) electrons. The van der Waals surface area contributed by atoms with Crippen molar-refractivity contribution in [3.63, 3.8) is 0 Å². The normalized spacial score (nSPS) is 13.2. The van der Waals surface area contributed by atoms with Crippen LogP contribution in [0.1, 0.15) is 162 Å². The Balaban J connectivity index is 4.27. The van der Waals surface area contributed by atoms with E-state index < -0.39 is 18.1 Å². The third kappa shape index (κ3) is 28.3. The predicted molar refractivity (Wildman–Crippen MR) is 185 cm³/mol. The first kappa shape index (κ1) is 44.1. The van der Waals surface area contributed by atoms with Gasteiger partial charge in [0.2, 0.25) is 0 Å². The average Bonchev–Trinajstić information content (AvgIpc) is 3.00. The van der Waals surface area contributed by atoms with Gasteiger partial charge in [0.05, 0.1) is 40.3 Å². The van der Waals surface area contributed by atoms with Crippen LogP contribution in [-0.2, 0) is 28.6 Å². The molecule has 0 aromatic rings.